The van der Waals surface area contributed by atoms with Crippen molar-refractivity contribution in [2.75, 3.05) is 7.05 Å². The zero-order valence-electron chi connectivity index (χ0n) is 32.9. The number of ether oxygens (including phenoxy) is 2. The molecule has 0 unspecified atom stereocenters. The van der Waals surface area contributed by atoms with Crippen LogP contribution in [0.15, 0.2) is 77.8 Å². The van der Waals surface area contributed by atoms with Gasteiger partial charge in [0.1, 0.15) is 6.61 Å². The van der Waals surface area contributed by atoms with Crippen LogP contribution in [0.2, 0.25) is 0 Å². The predicted octanol–water partition coefficient (Wildman–Crippen LogP) is 8.82. The van der Waals surface area contributed by atoms with Crippen LogP contribution in [0.4, 0.5) is 9.59 Å². The number of benzene rings is 2. The first-order valence-electron chi connectivity index (χ1n) is 18.7. The Hall–Kier alpha value is -4.13. The lowest BCUT2D eigenvalue weighted by molar-refractivity contribution is -0.123. The van der Waals surface area contributed by atoms with E-state index >= 15 is 0 Å². The second kappa shape index (κ2) is 20.5. The van der Waals surface area contributed by atoms with Gasteiger partial charge in [-0.2, -0.15) is 0 Å². The number of amides is 3. The van der Waals surface area contributed by atoms with E-state index in [-0.39, 0.29) is 36.7 Å². The van der Waals surface area contributed by atoms with Crippen molar-refractivity contribution in [1.82, 2.24) is 25.5 Å². The van der Waals surface area contributed by atoms with Crippen molar-refractivity contribution in [3.8, 4) is 0 Å². The van der Waals surface area contributed by atoms with E-state index in [9.17, 15) is 14.4 Å². The van der Waals surface area contributed by atoms with E-state index in [4.69, 9.17) is 9.47 Å². The molecule has 0 saturated carbocycles. The molecule has 0 bridgehead atoms. The van der Waals surface area contributed by atoms with Crippen LogP contribution in [0.3, 0.4) is 0 Å². The Morgan fingerprint density at radius 1 is 0.889 bits per heavy atom. The van der Waals surface area contributed by atoms with E-state index in [2.05, 4.69) is 46.6 Å². The molecule has 4 rings (SSSR count). The van der Waals surface area contributed by atoms with Crippen molar-refractivity contribution < 1.29 is 23.9 Å². The Balaban J connectivity index is 1.57. The minimum absolute atomic E-state index is 0.0468. The number of nitrogens with zero attached hydrogens (tertiary/aromatic N) is 3. The lowest BCUT2D eigenvalue weighted by atomic mass is 9.83. The summed E-state index contributed by atoms with van der Waals surface area (Å²) in [5.74, 6) is -0.0349. The van der Waals surface area contributed by atoms with Gasteiger partial charge < -0.3 is 25.0 Å². The summed E-state index contributed by atoms with van der Waals surface area (Å²) < 4.78 is 12.4. The first kappa shape index (κ1) is 42.6. The van der Waals surface area contributed by atoms with Crippen molar-refractivity contribution in [2.24, 2.45) is 11.8 Å². The average molecular weight is 776 g/mol. The zero-order chi connectivity index (χ0) is 39.3. The van der Waals surface area contributed by atoms with Gasteiger partial charge in [0.2, 0.25) is 0 Å². The maximum Gasteiger partial charge on any atom is 0.407 e. The molecule has 54 heavy (non-hydrogen) atoms. The number of thiazole rings is 2. The van der Waals surface area contributed by atoms with Crippen molar-refractivity contribution in [2.45, 2.75) is 117 Å². The lowest BCUT2D eigenvalue weighted by Crippen LogP contribution is -2.50. The summed E-state index contributed by atoms with van der Waals surface area (Å²) in [7, 11) is 1.72. The van der Waals surface area contributed by atoms with Crippen molar-refractivity contribution >= 4 is 40.6 Å². The normalized spacial score (nSPS) is 14.0. The van der Waals surface area contributed by atoms with Gasteiger partial charge in [-0.05, 0) is 63.0 Å². The van der Waals surface area contributed by atoms with Gasteiger partial charge in [-0.25, -0.2) is 14.6 Å². The highest BCUT2D eigenvalue weighted by atomic mass is 32.1. The van der Waals surface area contributed by atoms with Crippen LogP contribution in [-0.4, -0.2) is 63.6 Å². The fourth-order valence-corrected chi connectivity index (χ4v) is 7.63. The Kier molecular flexibility index (Phi) is 16.2. The maximum absolute atomic E-state index is 14.3. The lowest BCUT2D eigenvalue weighted by Gasteiger charge is -2.36. The van der Waals surface area contributed by atoms with Crippen LogP contribution in [-0.2, 0) is 40.3 Å². The fourth-order valence-electron chi connectivity index (χ4n) is 6.30. The smallest absolute Gasteiger partial charge is 0.407 e. The summed E-state index contributed by atoms with van der Waals surface area (Å²) in [6, 6.07) is 18.6. The first-order chi connectivity index (χ1) is 25.7. The molecule has 0 aliphatic rings. The van der Waals surface area contributed by atoms with Crippen LogP contribution in [0.5, 0.6) is 0 Å². The van der Waals surface area contributed by atoms with Crippen LogP contribution < -0.4 is 10.6 Å². The van der Waals surface area contributed by atoms with Gasteiger partial charge >= 0.3 is 12.1 Å². The Morgan fingerprint density at radius 3 is 2.09 bits per heavy atom. The standard InChI is InChI=1S/C42H57N5O5S2/c1-28(2)38(46-40(49)47(8)24-33-26-53-39(44-33)29(3)4)36(48)21-32(19-30-15-11-9-12-16-30)22-37(52-42(5,6)7)35(20-31-17-13-10-14-18-31)45-41(50)51-25-34-23-43-27-54-34/h9-18,23,26-29,32,35,37-38H,19-22,24-25H2,1-8H3,(H,45,50)(H,46,49)/t32-,35+,37+,38+/m1/s1. The minimum atomic E-state index is -0.693. The van der Waals surface area contributed by atoms with Crippen molar-refractivity contribution in [3.05, 3.63) is 104 Å². The van der Waals surface area contributed by atoms with E-state index in [1.54, 1.807) is 35.0 Å². The van der Waals surface area contributed by atoms with E-state index in [0.29, 0.717) is 31.7 Å². The van der Waals surface area contributed by atoms with Crippen molar-refractivity contribution in [1.29, 1.82) is 0 Å². The molecule has 4 atom stereocenters. The number of hydrogen-bond donors (Lipinski definition) is 2. The first-order valence-corrected chi connectivity index (χ1v) is 20.5. The van der Waals surface area contributed by atoms with Gasteiger partial charge in [-0.1, -0.05) is 88.4 Å². The van der Waals surface area contributed by atoms with E-state index < -0.39 is 29.9 Å². The fraction of sp³-hybridized carbons (Fsp3) is 0.500. The summed E-state index contributed by atoms with van der Waals surface area (Å²) in [5, 5.41) is 9.18. The number of hydrogen-bond acceptors (Lipinski definition) is 9. The number of rotatable bonds is 19. The van der Waals surface area contributed by atoms with Gasteiger partial charge in [0.15, 0.2) is 5.78 Å². The predicted molar refractivity (Wildman–Crippen MR) is 217 cm³/mol. The van der Waals surface area contributed by atoms with Gasteiger partial charge in [-0.3, -0.25) is 9.78 Å². The molecule has 2 aromatic heterocycles. The molecule has 3 amide bonds. The zero-order valence-corrected chi connectivity index (χ0v) is 34.5. The summed E-state index contributed by atoms with van der Waals surface area (Å²) in [4.78, 5) is 52.3. The molecular weight excluding hydrogens is 719 g/mol. The molecule has 0 aliphatic carbocycles. The molecule has 0 saturated heterocycles. The van der Waals surface area contributed by atoms with Crippen LogP contribution in [0.1, 0.15) is 93.9 Å². The highest BCUT2D eigenvalue weighted by Gasteiger charge is 2.34. The highest BCUT2D eigenvalue weighted by molar-refractivity contribution is 7.09. The van der Waals surface area contributed by atoms with Gasteiger partial charge in [0, 0.05) is 31.0 Å². The highest BCUT2D eigenvalue weighted by Crippen LogP contribution is 2.28. The van der Waals surface area contributed by atoms with Crippen LogP contribution >= 0.6 is 22.7 Å². The number of nitrogens with one attached hydrogen (secondary N) is 2. The third-order valence-electron chi connectivity index (χ3n) is 8.91. The number of carbonyl (C=O) groups is 3. The summed E-state index contributed by atoms with van der Waals surface area (Å²) >= 11 is 3.01. The topological polar surface area (TPSA) is 123 Å². The van der Waals surface area contributed by atoms with Crippen molar-refractivity contribution in [3.63, 3.8) is 0 Å². The summed E-state index contributed by atoms with van der Waals surface area (Å²) in [6.07, 6.45) is 2.46. The number of alkyl carbamates (subject to hydrolysis) is 1. The third-order valence-corrected chi connectivity index (χ3v) is 10.9. The molecule has 2 heterocycles. The molecular formula is C42H57N5O5S2. The molecule has 0 spiro atoms. The average Bonchev–Trinajstić information content (AvgIpc) is 3.82. The van der Waals surface area contributed by atoms with Gasteiger partial charge in [0.25, 0.3) is 0 Å². The number of Topliss-reactive ketones (excluding diaryl/α,β-unsaturated/α-hetero) is 1. The molecule has 292 valence electrons. The molecule has 0 radical (unpaired) electrons. The molecule has 10 nitrogen and oxygen atoms in total. The Bertz CT molecular complexity index is 1720. The molecule has 0 fully saturated rings. The quantitative estimate of drug-likeness (QED) is 0.0976. The van der Waals surface area contributed by atoms with Gasteiger partial charge in [0.05, 0.1) is 51.4 Å². The molecule has 2 aromatic carbocycles. The molecule has 12 heteroatoms. The second-order valence-electron chi connectivity index (χ2n) is 15.6. The maximum atomic E-state index is 14.3. The Labute approximate surface area is 329 Å². The van der Waals surface area contributed by atoms with Crippen LogP contribution in [0.25, 0.3) is 0 Å². The SMILES string of the molecule is CC(C)c1nc(CN(C)C(=O)N[C@H](C(=O)C[C@@H](Cc2ccccc2)C[C@H](OC(C)(C)C)[C@H](Cc2ccccc2)NC(=O)OCc2cncs2)C(C)C)cs1. The number of ketones is 1. The number of aromatic nitrogens is 2. The van der Waals surface area contributed by atoms with E-state index in [0.717, 1.165) is 26.7 Å². The third kappa shape index (κ3) is 14.3. The molecule has 2 N–H and O–H groups in total. The largest absolute Gasteiger partial charge is 0.444 e. The minimum Gasteiger partial charge on any atom is -0.444 e. The second-order valence-corrected chi connectivity index (χ2v) is 17.4. The van der Waals surface area contributed by atoms with E-state index in [1.165, 1.54) is 11.3 Å². The summed E-state index contributed by atoms with van der Waals surface area (Å²) in [5.41, 5.74) is 4.10. The molecule has 0 aliphatic heterocycles. The van der Waals surface area contributed by atoms with Crippen LogP contribution in [0, 0.1) is 11.8 Å². The Morgan fingerprint density at radius 2 is 1.54 bits per heavy atom. The van der Waals surface area contributed by atoms with E-state index in [1.807, 2.05) is 88.5 Å². The molecule has 4 aromatic rings. The number of urea groups is 1. The van der Waals surface area contributed by atoms with Gasteiger partial charge in [-0.15, -0.1) is 22.7 Å². The number of carbonyl (C=O) groups excluding carboxylic acids is 3. The summed E-state index contributed by atoms with van der Waals surface area (Å²) in [6.45, 7) is 14.5. The monoisotopic (exact) mass is 775 g/mol.